The zero-order chi connectivity index (χ0) is 14.4. The largest absolute Gasteiger partial charge is 0.489 e. The third-order valence-electron chi connectivity index (χ3n) is 3.69. The zero-order valence-electron chi connectivity index (χ0n) is 12.3. The van der Waals surface area contributed by atoms with E-state index < -0.39 is 0 Å². The lowest BCUT2D eigenvalue weighted by Gasteiger charge is -2.33. The van der Waals surface area contributed by atoms with Crippen LogP contribution in [0, 0.1) is 0 Å². The summed E-state index contributed by atoms with van der Waals surface area (Å²) in [5, 5.41) is 3.02. The highest BCUT2D eigenvalue weighted by atomic mass is 16.5. The monoisotopic (exact) mass is 276 g/mol. The van der Waals surface area contributed by atoms with Gasteiger partial charge in [0.2, 0.25) is 0 Å². The summed E-state index contributed by atoms with van der Waals surface area (Å²) in [7, 11) is 0. The Hall–Kier alpha value is -1.71. The fourth-order valence-electron chi connectivity index (χ4n) is 2.31. The number of piperidine rings is 1. The first-order valence-corrected chi connectivity index (χ1v) is 7.46. The van der Waals surface area contributed by atoms with Crippen molar-refractivity contribution in [2.24, 2.45) is 0 Å². The van der Waals surface area contributed by atoms with Crippen molar-refractivity contribution >= 4 is 6.03 Å². The van der Waals surface area contributed by atoms with Gasteiger partial charge in [-0.3, -0.25) is 0 Å². The lowest BCUT2D eigenvalue weighted by Crippen LogP contribution is -2.50. The highest BCUT2D eigenvalue weighted by molar-refractivity contribution is 5.74. The maximum atomic E-state index is 12.1. The summed E-state index contributed by atoms with van der Waals surface area (Å²) in [5.74, 6) is 0.877. The van der Waals surface area contributed by atoms with Gasteiger partial charge in [-0.1, -0.05) is 25.1 Å². The molecule has 1 aliphatic rings. The first-order chi connectivity index (χ1) is 9.69. The lowest BCUT2D eigenvalue weighted by molar-refractivity contribution is 0.100. The van der Waals surface area contributed by atoms with Crippen LogP contribution in [0.1, 0.15) is 33.1 Å². The molecule has 0 radical (unpaired) electrons. The van der Waals surface area contributed by atoms with Crippen LogP contribution in [0.3, 0.4) is 0 Å². The minimum absolute atomic E-state index is 0.0284. The van der Waals surface area contributed by atoms with E-state index in [4.69, 9.17) is 4.74 Å². The van der Waals surface area contributed by atoms with Crippen LogP contribution in [0.4, 0.5) is 4.79 Å². The quantitative estimate of drug-likeness (QED) is 0.918. The van der Waals surface area contributed by atoms with E-state index in [-0.39, 0.29) is 18.2 Å². The van der Waals surface area contributed by atoms with Crippen LogP contribution < -0.4 is 10.1 Å². The van der Waals surface area contributed by atoms with Crippen molar-refractivity contribution in [2.75, 3.05) is 13.1 Å². The van der Waals surface area contributed by atoms with Gasteiger partial charge in [-0.2, -0.15) is 0 Å². The molecule has 20 heavy (non-hydrogen) atoms. The fraction of sp³-hybridized carbons (Fsp3) is 0.562. The van der Waals surface area contributed by atoms with Crippen molar-refractivity contribution in [3.8, 4) is 5.75 Å². The van der Waals surface area contributed by atoms with Crippen LogP contribution in [0.2, 0.25) is 0 Å². The summed E-state index contributed by atoms with van der Waals surface area (Å²) in [6, 6.07) is 10.1. The van der Waals surface area contributed by atoms with Gasteiger partial charge in [-0.25, -0.2) is 4.79 Å². The maximum absolute atomic E-state index is 12.1. The van der Waals surface area contributed by atoms with Gasteiger partial charge in [-0.15, -0.1) is 0 Å². The predicted molar refractivity (Wildman–Crippen MR) is 79.9 cm³/mol. The smallest absolute Gasteiger partial charge is 0.317 e. The van der Waals surface area contributed by atoms with E-state index in [9.17, 15) is 4.79 Å². The van der Waals surface area contributed by atoms with E-state index in [1.165, 1.54) is 0 Å². The number of para-hydroxylation sites is 1. The number of hydrogen-bond donors (Lipinski definition) is 1. The first-order valence-electron chi connectivity index (χ1n) is 7.46. The summed E-state index contributed by atoms with van der Waals surface area (Å²) in [6.45, 7) is 5.58. The van der Waals surface area contributed by atoms with Crippen LogP contribution >= 0.6 is 0 Å². The molecule has 2 rings (SSSR count). The standard InChI is InChI=1S/C16H24N2O2/c1-3-13(2)17-16(19)18-11-7-10-15(12-18)20-14-8-5-4-6-9-14/h4-6,8-9,13,15H,3,7,10-12H2,1-2H3,(H,17,19). The zero-order valence-corrected chi connectivity index (χ0v) is 12.3. The predicted octanol–water partition coefficient (Wildman–Crippen LogP) is 3.04. The van der Waals surface area contributed by atoms with E-state index in [1.807, 2.05) is 42.2 Å². The Kier molecular flexibility index (Phi) is 5.27. The number of hydrogen-bond acceptors (Lipinski definition) is 2. The number of carbonyl (C=O) groups is 1. The summed E-state index contributed by atoms with van der Waals surface area (Å²) in [6.07, 6.45) is 3.03. The molecule has 1 N–H and O–H groups in total. The van der Waals surface area contributed by atoms with Crippen molar-refractivity contribution < 1.29 is 9.53 Å². The van der Waals surface area contributed by atoms with Gasteiger partial charge in [0.1, 0.15) is 11.9 Å². The molecule has 0 aliphatic carbocycles. The van der Waals surface area contributed by atoms with E-state index in [0.717, 1.165) is 31.6 Å². The average molecular weight is 276 g/mol. The number of urea groups is 1. The highest BCUT2D eigenvalue weighted by Crippen LogP contribution is 2.18. The number of likely N-dealkylation sites (tertiary alicyclic amines) is 1. The van der Waals surface area contributed by atoms with E-state index >= 15 is 0 Å². The number of amides is 2. The number of rotatable bonds is 4. The molecule has 2 amide bonds. The van der Waals surface area contributed by atoms with Gasteiger partial charge in [0.15, 0.2) is 0 Å². The number of ether oxygens (including phenoxy) is 1. The summed E-state index contributed by atoms with van der Waals surface area (Å²) in [5.41, 5.74) is 0. The summed E-state index contributed by atoms with van der Waals surface area (Å²) < 4.78 is 5.95. The molecule has 1 fully saturated rings. The molecule has 110 valence electrons. The van der Waals surface area contributed by atoms with Crippen molar-refractivity contribution in [1.82, 2.24) is 10.2 Å². The van der Waals surface area contributed by atoms with Crippen molar-refractivity contribution in [3.63, 3.8) is 0 Å². The molecule has 1 heterocycles. The van der Waals surface area contributed by atoms with E-state index in [0.29, 0.717) is 6.54 Å². The molecule has 4 heteroatoms. The van der Waals surface area contributed by atoms with Crippen molar-refractivity contribution in [1.29, 1.82) is 0 Å². The Balaban J connectivity index is 1.87. The number of nitrogens with one attached hydrogen (secondary N) is 1. The molecule has 4 nitrogen and oxygen atoms in total. The summed E-state index contributed by atoms with van der Waals surface area (Å²) >= 11 is 0. The van der Waals surface area contributed by atoms with Crippen LogP contribution in [0.15, 0.2) is 30.3 Å². The third-order valence-corrected chi connectivity index (χ3v) is 3.69. The maximum Gasteiger partial charge on any atom is 0.317 e. The lowest BCUT2D eigenvalue weighted by atomic mass is 10.1. The molecule has 0 bridgehead atoms. The van der Waals surface area contributed by atoms with Crippen molar-refractivity contribution in [3.05, 3.63) is 30.3 Å². The summed E-state index contributed by atoms with van der Waals surface area (Å²) in [4.78, 5) is 14.0. The van der Waals surface area contributed by atoms with Crippen LogP contribution in [-0.2, 0) is 0 Å². The Bertz CT molecular complexity index is 422. The van der Waals surface area contributed by atoms with Gasteiger partial charge < -0.3 is 15.0 Å². The van der Waals surface area contributed by atoms with Gasteiger partial charge in [0.25, 0.3) is 0 Å². The third kappa shape index (κ3) is 4.15. The minimum Gasteiger partial charge on any atom is -0.489 e. The number of benzene rings is 1. The number of carbonyl (C=O) groups excluding carboxylic acids is 1. The molecule has 1 saturated heterocycles. The Morgan fingerprint density at radius 3 is 2.90 bits per heavy atom. The second kappa shape index (κ2) is 7.17. The van der Waals surface area contributed by atoms with E-state index in [1.54, 1.807) is 0 Å². The molecule has 0 spiro atoms. The molecule has 2 atom stereocenters. The average Bonchev–Trinajstić information content (AvgIpc) is 2.48. The SMILES string of the molecule is CCC(C)NC(=O)N1CCCC(Oc2ccccc2)C1. The van der Waals surface area contributed by atoms with Crippen LogP contribution in [-0.4, -0.2) is 36.2 Å². The van der Waals surface area contributed by atoms with Gasteiger partial charge in [0, 0.05) is 12.6 Å². The van der Waals surface area contributed by atoms with E-state index in [2.05, 4.69) is 12.2 Å². The molecular weight excluding hydrogens is 252 g/mol. The molecule has 1 aliphatic heterocycles. The minimum atomic E-state index is 0.0284. The fourth-order valence-corrected chi connectivity index (χ4v) is 2.31. The van der Waals surface area contributed by atoms with Crippen LogP contribution in [0.25, 0.3) is 0 Å². The number of nitrogens with zero attached hydrogens (tertiary/aromatic N) is 1. The Morgan fingerprint density at radius 2 is 2.20 bits per heavy atom. The highest BCUT2D eigenvalue weighted by Gasteiger charge is 2.25. The Labute approximate surface area is 121 Å². The van der Waals surface area contributed by atoms with Crippen LogP contribution in [0.5, 0.6) is 5.75 Å². The normalized spacial score (nSPS) is 20.3. The molecule has 0 saturated carbocycles. The molecule has 1 aromatic rings. The molecule has 1 aromatic carbocycles. The van der Waals surface area contributed by atoms with Gasteiger partial charge in [-0.05, 0) is 38.3 Å². The first kappa shape index (κ1) is 14.7. The topological polar surface area (TPSA) is 41.6 Å². The Morgan fingerprint density at radius 1 is 1.45 bits per heavy atom. The second-order valence-corrected chi connectivity index (χ2v) is 5.40. The molecular formula is C16H24N2O2. The van der Waals surface area contributed by atoms with Gasteiger partial charge in [0.05, 0.1) is 6.54 Å². The van der Waals surface area contributed by atoms with Crippen molar-refractivity contribution in [2.45, 2.75) is 45.3 Å². The van der Waals surface area contributed by atoms with Gasteiger partial charge >= 0.3 is 6.03 Å². The molecule has 0 aromatic heterocycles. The molecule has 2 unspecified atom stereocenters. The second-order valence-electron chi connectivity index (χ2n) is 5.40.